The van der Waals surface area contributed by atoms with Crippen molar-refractivity contribution in [1.82, 2.24) is 19.8 Å². The van der Waals surface area contributed by atoms with Crippen molar-refractivity contribution in [3.63, 3.8) is 0 Å². The molecule has 1 fully saturated rings. The van der Waals surface area contributed by atoms with E-state index >= 15 is 0 Å². The van der Waals surface area contributed by atoms with Gasteiger partial charge in [-0.05, 0) is 41.0 Å². The minimum absolute atomic E-state index is 0.234. The summed E-state index contributed by atoms with van der Waals surface area (Å²) in [4.78, 5) is 12.6. The number of hydrogen-bond donors (Lipinski definition) is 2. The topological polar surface area (TPSA) is 55.4 Å². The summed E-state index contributed by atoms with van der Waals surface area (Å²) in [6, 6.07) is 21.6. The highest BCUT2D eigenvalue weighted by molar-refractivity contribution is 5.80. The van der Waals surface area contributed by atoms with E-state index in [1.54, 1.807) is 6.07 Å². The van der Waals surface area contributed by atoms with Crippen molar-refractivity contribution < 1.29 is 9.50 Å². The summed E-state index contributed by atoms with van der Waals surface area (Å²) in [5.41, 5.74) is 6.02. The third-order valence-electron chi connectivity index (χ3n) is 6.15. The van der Waals surface area contributed by atoms with Crippen LogP contribution in [-0.2, 0) is 6.54 Å². The van der Waals surface area contributed by atoms with Crippen LogP contribution in [-0.4, -0.2) is 64.2 Å². The van der Waals surface area contributed by atoms with E-state index in [0.29, 0.717) is 5.52 Å². The molecule has 0 atom stereocenters. The molecule has 164 valence electrons. The second-order valence-corrected chi connectivity index (χ2v) is 8.37. The monoisotopic (exact) mass is 430 g/mol. The number of rotatable bonds is 6. The van der Waals surface area contributed by atoms with Crippen LogP contribution in [0.4, 0.5) is 4.39 Å². The molecule has 0 unspecified atom stereocenters. The molecule has 2 N–H and O–H groups in total. The van der Waals surface area contributed by atoms with E-state index in [1.165, 1.54) is 17.7 Å². The zero-order valence-corrected chi connectivity index (χ0v) is 18.0. The molecule has 1 aliphatic rings. The standard InChI is InChI=1S/C26H27FN4O/c27-23-8-9-24-25(17-23)29-26(28-24)22-3-1-2-21(16-22)20-6-4-19(5-7-20)18-31-12-10-30(11-13-31)14-15-32/h1-9,16-17,32H,10-15,18H2,(H,28,29). The molecule has 5 nitrogen and oxygen atoms in total. The summed E-state index contributed by atoms with van der Waals surface area (Å²) in [7, 11) is 0. The summed E-state index contributed by atoms with van der Waals surface area (Å²) in [5, 5.41) is 9.09. The first-order valence-corrected chi connectivity index (χ1v) is 11.1. The van der Waals surface area contributed by atoms with Crippen LogP contribution < -0.4 is 0 Å². The predicted octanol–water partition coefficient (Wildman–Crippen LogP) is 4.15. The normalized spacial score (nSPS) is 15.4. The van der Waals surface area contributed by atoms with Crippen molar-refractivity contribution in [1.29, 1.82) is 0 Å². The largest absolute Gasteiger partial charge is 0.395 e. The number of aromatic nitrogens is 2. The Kier molecular flexibility index (Phi) is 5.99. The molecule has 1 aromatic heterocycles. The molecule has 3 aromatic carbocycles. The Morgan fingerprint density at radius 3 is 2.38 bits per heavy atom. The molecule has 32 heavy (non-hydrogen) atoms. The second-order valence-electron chi connectivity index (χ2n) is 8.37. The average Bonchev–Trinajstić information content (AvgIpc) is 3.24. The maximum atomic E-state index is 13.5. The number of aliphatic hydroxyl groups is 1. The van der Waals surface area contributed by atoms with E-state index in [0.717, 1.165) is 67.3 Å². The molecular formula is C26H27FN4O. The maximum Gasteiger partial charge on any atom is 0.138 e. The first-order chi connectivity index (χ1) is 15.7. The summed E-state index contributed by atoms with van der Waals surface area (Å²) in [5.74, 6) is 0.470. The van der Waals surface area contributed by atoms with E-state index in [4.69, 9.17) is 5.11 Å². The molecule has 4 aromatic rings. The van der Waals surface area contributed by atoms with E-state index < -0.39 is 0 Å². The number of β-amino-alcohol motifs (C(OH)–C–C–N with tert-alkyl or cyclic N) is 1. The van der Waals surface area contributed by atoms with E-state index in [2.05, 4.69) is 56.2 Å². The minimum Gasteiger partial charge on any atom is -0.395 e. The number of piperazine rings is 1. The molecule has 0 saturated carbocycles. The van der Waals surface area contributed by atoms with Gasteiger partial charge in [0.1, 0.15) is 11.6 Å². The van der Waals surface area contributed by atoms with Gasteiger partial charge in [-0.15, -0.1) is 0 Å². The first-order valence-electron chi connectivity index (χ1n) is 11.1. The molecule has 0 aliphatic carbocycles. The van der Waals surface area contributed by atoms with Crippen molar-refractivity contribution in [2.45, 2.75) is 6.54 Å². The Morgan fingerprint density at radius 1 is 0.844 bits per heavy atom. The first kappa shape index (κ1) is 20.8. The number of aromatic amines is 1. The highest BCUT2D eigenvalue weighted by Gasteiger charge is 2.16. The minimum atomic E-state index is -0.270. The van der Waals surface area contributed by atoms with Crippen LogP contribution in [0, 0.1) is 5.82 Å². The fraction of sp³-hybridized carbons (Fsp3) is 0.269. The third-order valence-corrected chi connectivity index (χ3v) is 6.15. The van der Waals surface area contributed by atoms with Gasteiger partial charge in [-0.25, -0.2) is 9.37 Å². The average molecular weight is 431 g/mol. The summed E-state index contributed by atoms with van der Waals surface area (Å²) >= 11 is 0. The van der Waals surface area contributed by atoms with Crippen molar-refractivity contribution in [3.05, 3.63) is 78.1 Å². The molecule has 2 heterocycles. The van der Waals surface area contributed by atoms with Gasteiger partial charge < -0.3 is 10.1 Å². The van der Waals surface area contributed by atoms with Crippen molar-refractivity contribution in [2.24, 2.45) is 0 Å². The number of hydrogen-bond acceptors (Lipinski definition) is 4. The highest BCUT2D eigenvalue weighted by atomic mass is 19.1. The Balaban J connectivity index is 1.29. The Morgan fingerprint density at radius 2 is 1.59 bits per heavy atom. The molecule has 0 radical (unpaired) electrons. The van der Waals surface area contributed by atoms with Crippen LogP contribution in [0.5, 0.6) is 0 Å². The molecule has 6 heteroatoms. The van der Waals surface area contributed by atoms with Crippen LogP contribution in [0.1, 0.15) is 5.56 Å². The van der Waals surface area contributed by atoms with Crippen LogP contribution in [0.25, 0.3) is 33.5 Å². The van der Waals surface area contributed by atoms with Gasteiger partial charge >= 0.3 is 0 Å². The summed E-state index contributed by atoms with van der Waals surface area (Å²) in [6.07, 6.45) is 0. The van der Waals surface area contributed by atoms with E-state index in [-0.39, 0.29) is 12.4 Å². The second kappa shape index (κ2) is 9.20. The Labute approximate surface area is 187 Å². The van der Waals surface area contributed by atoms with Gasteiger partial charge in [-0.1, -0.05) is 42.5 Å². The summed E-state index contributed by atoms with van der Waals surface area (Å²) in [6.45, 7) is 6.04. The number of H-pyrrole nitrogens is 1. The fourth-order valence-electron chi connectivity index (χ4n) is 4.34. The van der Waals surface area contributed by atoms with Crippen LogP contribution >= 0.6 is 0 Å². The molecule has 0 bridgehead atoms. The number of nitrogens with zero attached hydrogens (tertiary/aromatic N) is 3. The van der Waals surface area contributed by atoms with Gasteiger partial charge in [-0.2, -0.15) is 0 Å². The lowest BCUT2D eigenvalue weighted by Gasteiger charge is -2.34. The lowest BCUT2D eigenvalue weighted by molar-refractivity contribution is 0.108. The van der Waals surface area contributed by atoms with Crippen molar-refractivity contribution >= 4 is 11.0 Å². The number of benzene rings is 3. The molecular weight excluding hydrogens is 403 g/mol. The Hall–Kier alpha value is -3.06. The third kappa shape index (κ3) is 4.58. The van der Waals surface area contributed by atoms with Gasteiger partial charge in [0.25, 0.3) is 0 Å². The van der Waals surface area contributed by atoms with Crippen LogP contribution in [0.3, 0.4) is 0 Å². The quantitative estimate of drug-likeness (QED) is 0.483. The summed E-state index contributed by atoms with van der Waals surface area (Å²) < 4.78 is 13.5. The van der Waals surface area contributed by atoms with E-state index in [1.807, 2.05) is 12.1 Å². The lowest BCUT2D eigenvalue weighted by Crippen LogP contribution is -2.46. The van der Waals surface area contributed by atoms with Gasteiger partial charge in [0, 0.05) is 44.8 Å². The number of imidazole rings is 1. The zero-order chi connectivity index (χ0) is 21.9. The zero-order valence-electron chi connectivity index (χ0n) is 18.0. The Bertz CT molecular complexity index is 1200. The molecule has 1 saturated heterocycles. The van der Waals surface area contributed by atoms with Crippen LogP contribution in [0.2, 0.25) is 0 Å². The molecule has 0 spiro atoms. The number of aliphatic hydroxyl groups excluding tert-OH is 1. The number of nitrogens with one attached hydrogen (secondary N) is 1. The van der Waals surface area contributed by atoms with E-state index in [9.17, 15) is 4.39 Å². The SMILES string of the molecule is OCCN1CCN(Cc2ccc(-c3cccc(-c4nc5ccc(F)cc5[nH]4)c3)cc2)CC1. The maximum absolute atomic E-state index is 13.5. The molecule has 5 rings (SSSR count). The smallest absolute Gasteiger partial charge is 0.138 e. The fourth-order valence-corrected chi connectivity index (χ4v) is 4.34. The molecule has 0 amide bonds. The number of halogens is 1. The van der Waals surface area contributed by atoms with Gasteiger partial charge in [-0.3, -0.25) is 9.80 Å². The number of fused-ring (bicyclic) bond motifs is 1. The van der Waals surface area contributed by atoms with Gasteiger partial charge in [0.05, 0.1) is 17.6 Å². The van der Waals surface area contributed by atoms with Crippen molar-refractivity contribution in [3.8, 4) is 22.5 Å². The van der Waals surface area contributed by atoms with Crippen LogP contribution in [0.15, 0.2) is 66.7 Å². The van der Waals surface area contributed by atoms with Gasteiger partial charge in [0.15, 0.2) is 0 Å². The lowest BCUT2D eigenvalue weighted by atomic mass is 10.0. The highest BCUT2D eigenvalue weighted by Crippen LogP contribution is 2.27. The predicted molar refractivity (Wildman–Crippen MR) is 126 cm³/mol. The van der Waals surface area contributed by atoms with Crippen molar-refractivity contribution in [2.75, 3.05) is 39.3 Å². The molecule has 1 aliphatic heterocycles. The van der Waals surface area contributed by atoms with Gasteiger partial charge in [0.2, 0.25) is 0 Å².